The molecule has 1 aromatic heterocycles. The molecule has 1 aliphatic carbocycles. The third kappa shape index (κ3) is 3.66. The predicted octanol–water partition coefficient (Wildman–Crippen LogP) is 2.81. The Morgan fingerprint density at radius 2 is 2.11 bits per heavy atom. The number of hydrogen-bond donors (Lipinski definition) is 1. The lowest BCUT2D eigenvalue weighted by atomic mass is 9.75. The minimum Gasteiger partial charge on any atom is -0.473 e. The molecule has 1 aliphatic rings. The first-order valence-electron chi connectivity index (χ1n) is 7.18. The van der Waals surface area contributed by atoms with Crippen LogP contribution in [-0.2, 0) is 6.61 Å². The van der Waals surface area contributed by atoms with E-state index in [1.165, 1.54) is 12.8 Å². The standard InChI is InChI=1S/C15H24N2O2/c1-10(2)13-5-4-11(3)6-14(13)19-15-8-16-12(9-18)7-17-15/h7-8,10-11,13-14,18H,4-6,9H2,1-3H3. The second-order valence-electron chi connectivity index (χ2n) is 5.99. The van der Waals surface area contributed by atoms with Crippen molar-refractivity contribution in [3.05, 3.63) is 18.1 Å². The van der Waals surface area contributed by atoms with Gasteiger partial charge in [-0.1, -0.05) is 27.2 Å². The van der Waals surface area contributed by atoms with E-state index in [9.17, 15) is 0 Å². The van der Waals surface area contributed by atoms with Crippen LogP contribution in [0.1, 0.15) is 45.7 Å². The van der Waals surface area contributed by atoms with Crippen LogP contribution < -0.4 is 4.74 Å². The molecule has 0 aromatic carbocycles. The van der Waals surface area contributed by atoms with Crippen molar-refractivity contribution >= 4 is 0 Å². The van der Waals surface area contributed by atoms with Gasteiger partial charge >= 0.3 is 0 Å². The van der Waals surface area contributed by atoms with Crippen LogP contribution in [0.3, 0.4) is 0 Å². The molecule has 1 saturated carbocycles. The lowest BCUT2D eigenvalue weighted by molar-refractivity contribution is 0.0422. The van der Waals surface area contributed by atoms with E-state index in [0.29, 0.717) is 29.3 Å². The second-order valence-corrected chi connectivity index (χ2v) is 5.99. The molecule has 0 amide bonds. The van der Waals surface area contributed by atoms with E-state index < -0.39 is 0 Å². The van der Waals surface area contributed by atoms with Crippen molar-refractivity contribution in [1.29, 1.82) is 0 Å². The number of aromatic nitrogens is 2. The number of ether oxygens (including phenoxy) is 1. The first kappa shape index (κ1) is 14.3. The van der Waals surface area contributed by atoms with E-state index in [2.05, 4.69) is 30.7 Å². The monoisotopic (exact) mass is 264 g/mol. The fourth-order valence-electron chi connectivity index (χ4n) is 2.89. The molecule has 0 radical (unpaired) electrons. The van der Waals surface area contributed by atoms with E-state index in [0.717, 1.165) is 6.42 Å². The average molecular weight is 264 g/mol. The molecule has 0 bridgehead atoms. The van der Waals surface area contributed by atoms with Gasteiger partial charge in [-0.05, 0) is 30.6 Å². The lowest BCUT2D eigenvalue weighted by Crippen LogP contribution is -2.36. The number of nitrogens with zero attached hydrogens (tertiary/aromatic N) is 2. The first-order valence-corrected chi connectivity index (χ1v) is 7.18. The molecule has 1 heterocycles. The van der Waals surface area contributed by atoms with Gasteiger partial charge in [-0.3, -0.25) is 4.98 Å². The van der Waals surface area contributed by atoms with Gasteiger partial charge < -0.3 is 9.84 Å². The molecule has 19 heavy (non-hydrogen) atoms. The third-order valence-electron chi connectivity index (χ3n) is 4.08. The summed E-state index contributed by atoms with van der Waals surface area (Å²) in [6.07, 6.45) is 7.03. The first-order chi connectivity index (χ1) is 9.10. The van der Waals surface area contributed by atoms with E-state index in [1.807, 2.05) is 0 Å². The van der Waals surface area contributed by atoms with Crippen molar-refractivity contribution < 1.29 is 9.84 Å². The summed E-state index contributed by atoms with van der Waals surface area (Å²) >= 11 is 0. The topological polar surface area (TPSA) is 55.2 Å². The molecule has 2 rings (SSSR count). The smallest absolute Gasteiger partial charge is 0.232 e. The van der Waals surface area contributed by atoms with E-state index in [1.54, 1.807) is 12.4 Å². The minimum absolute atomic E-state index is 0.0810. The van der Waals surface area contributed by atoms with Crippen molar-refractivity contribution in [2.45, 2.75) is 52.7 Å². The largest absolute Gasteiger partial charge is 0.473 e. The van der Waals surface area contributed by atoms with Crippen molar-refractivity contribution in [2.24, 2.45) is 17.8 Å². The molecule has 3 unspecified atom stereocenters. The normalized spacial score (nSPS) is 27.5. The Labute approximate surface area is 115 Å². The van der Waals surface area contributed by atoms with Crippen molar-refractivity contribution in [3.8, 4) is 5.88 Å². The Balaban J connectivity index is 2.05. The highest BCUT2D eigenvalue weighted by atomic mass is 16.5. The molecule has 1 aromatic rings. The zero-order valence-corrected chi connectivity index (χ0v) is 12.0. The van der Waals surface area contributed by atoms with E-state index in [-0.39, 0.29) is 12.7 Å². The van der Waals surface area contributed by atoms with Crippen LogP contribution >= 0.6 is 0 Å². The summed E-state index contributed by atoms with van der Waals surface area (Å²) < 4.78 is 6.04. The van der Waals surface area contributed by atoms with Crippen LogP contribution in [0.5, 0.6) is 5.88 Å². The van der Waals surface area contributed by atoms with Gasteiger partial charge in [-0.2, -0.15) is 0 Å². The Bertz CT molecular complexity index is 392. The SMILES string of the molecule is CC1CCC(C(C)C)C(Oc2cnc(CO)cn2)C1. The number of hydrogen-bond acceptors (Lipinski definition) is 4. The van der Waals surface area contributed by atoms with Crippen LogP contribution in [0.25, 0.3) is 0 Å². The predicted molar refractivity (Wildman–Crippen MR) is 73.7 cm³/mol. The highest BCUT2D eigenvalue weighted by Crippen LogP contribution is 2.35. The summed E-state index contributed by atoms with van der Waals surface area (Å²) in [4.78, 5) is 8.33. The highest BCUT2D eigenvalue weighted by Gasteiger charge is 2.32. The van der Waals surface area contributed by atoms with E-state index in [4.69, 9.17) is 9.84 Å². The molecule has 4 heteroatoms. The molecule has 106 valence electrons. The maximum absolute atomic E-state index is 8.96. The van der Waals surface area contributed by atoms with Gasteiger partial charge in [0.2, 0.25) is 5.88 Å². The van der Waals surface area contributed by atoms with Crippen LogP contribution in [0, 0.1) is 17.8 Å². The molecular weight excluding hydrogens is 240 g/mol. The summed E-state index contributed by atoms with van der Waals surface area (Å²) in [5.74, 6) is 2.50. The molecule has 3 atom stereocenters. The van der Waals surface area contributed by atoms with Crippen LogP contribution in [-0.4, -0.2) is 21.2 Å². The van der Waals surface area contributed by atoms with Gasteiger partial charge in [0.15, 0.2) is 0 Å². The lowest BCUT2D eigenvalue weighted by Gasteiger charge is -2.36. The van der Waals surface area contributed by atoms with Crippen LogP contribution in [0.15, 0.2) is 12.4 Å². The Morgan fingerprint density at radius 1 is 1.32 bits per heavy atom. The minimum atomic E-state index is -0.0810. The Kier molecular flexibility index (Phi) is 4.75. The van der Waals surface area contributed by atoms with Crippen LogP contribution in [0.4, 0.5) is 0 Å². The van der Waals surface area contributed by atoms with Crippen molar-refractivity contribution in [2.75, 3.05) is 0 Å². The fourth-order valence-corrected chi connectivity index (χ4v) is 2.89. The van der Waals surface area contributed by atoms with Gasteiger partial charge in [0.1, 0.15) is 6.10 Å². The van der Waals surface area contributed by atoms with Gasteiger partial charge in [-0.25, -0.2) is 4.98 Å². The Hall–Kier alpha value is -1.16. The summed E-state index contributed by atoms with van der Waals surface area (Å²) in [6, 6.07) is 0. The van der Waals surface area contributed by atoms with Gasteiger partial charge in [0, 0.05) is 0 Å². The second kappa shape index (κ2) is 6.33. The van der Waals surface area contributed by atoms with Crippen LogP contribution in [0.2, 0.25) is 0 Å². The van der Waals surface area contributed by atoms with Gasteiger partial charge in [0.05, 0.1) is 24.7 Å². The molecule has 0 aliphatic heterocycles. The highest BCUT2D eigenvalue weighted by molar-refractivity contribution is 5.07. The summed E-state index contributed by atoms with van der Waals surface area (Å²) in [6.45, 7) is 6.73. The number of aliphatic hydroxyl groups excluding tert-OH is 1. The molecule has 1 N–H and O–H groups in total. The molecule has 0 spiro atoms. The van der Waals surface area contributed by atoms with Crippen molar-refractivity contribution in [1.82, 2.24) is 9.97 Å². The molecule has 1 fully saturated rings. The maximum Gasteiger partial charge on any atom is 0.232 e. The van der Waals surface area contributed by atoms with Gasteiger partial charge in [0.25, 0.3) is 0 Å². The maximum atomic E-state index is 8.96. The fraction of sp³-hybridized carbons (Fsp3) is 0.733. The summed E-state index contributed by atoms with van der Waals surface area (Å²) in [5.41, 5.74) is 0.574. The van der Waals surface area contributed by atoms with Crippen molar-refractivity contribution in [3.63, 3.8) is 0 Å². The Morgan fingerprint density at radius 3 is 2.68 bits per heavy atom. The average Bonchev–Trinajstić information content (AvgIpc) is 2.39. The number of rotatable bonds is 4. The molecule has 0 saturated heterocycles. The zero-order valence-electron chi connectivity index (χ0n) is 12.0. The van der Waals surface area contributed by atoms with Gasteiger partial charge in [-0.15, -0.1) is 0 Å². The quantitative estimate of drug-likeness (QED) is 0.908. The molecule has 4 nitrogen and oxygen atoms in total. The molecular formula is C15H24N2O2. The summed E-state index contributed by atoms with van der Waals surface area (Å²) in [5, 5.41) is 8.96. The summed E-state index contributed by atoms with van der Waals surface area (Å²) in [7, 11) is 0. The number of aliphatic hydroxyl groups is 1. The zero-order chi connectivity index (χ0) is 13.8. The third-order valence-corrected chi connectivity index (χ3v) is 4.08. The van der Waals surface area contributed by atoms with E-state index >= 15 is 0 Å².